The fourth-order valence-electron chi connectivity index (χ4n) is 7.99. The summed E-state index contributed by atoms with van der Waals surface area (Å²) in [6, 6.07) is 52.8. The van der Waals surface area contributed by atoms with Gasteiger partial charge in [-0.1, -0.05) is 152 Å². The van der Waals surface area contributed by atoms with E-state index in [0.29, 0.717) is 0 Å². The van der Waals surface area contributed by atoms with Crippen LogP contribution in [-0.2, 0) is 5.41 Å². The Kier molecular flexibility index (Phi) is 5.27. The quantitative estimate of drug-likeness (QED) is 0.180. The third-order valence-corrected chi connectivity index (χ3v) is 11.2. The molecule has 0 amide bonds. The molecule has 2 heteroatoms. The van der Waals surface area contributed by atoms with Gasteiger partial charge in [-0.15, -0.1) is 11.3 Å². The molecule has 8 aromatic carbocycles. The van der Waals surface area contributed by atoms with Gasteiger partial charge < -0.3 is 4.90 Å². The van der Waals surface area contributed by atoms with Gasteiger partial charge in [0.15, 0.2) is 0 Å². The van der Waals surface area contributed by atoms with Crippen molar-refractivity contribution in [2.45, 2.75) is 5.41 Å². The maximum Gasteiger partial charge on any atom is 0.0727 e. The first-order valence-electron chi connectivity index (χ1n) is 18.9. The molecule has 0 saturated carbocycles. The predicted octanol–water partition coefficient (Wildman–Crippen LogP) is 13.0. The van der Waals surface area contributed by atoms with Gasteiger partial charge in [0.2, 0.25) is 0 Å². The Morgan fingerprint density at radius 3 is 2.06 bits per heavy atom. The first kappa shape index (κ1) is 23.4. The molecule has 0 saturated heterocycles. The number of rotatable bonds is 5. The lowest BCUT2D eigenvalue weighted by molar-refractivity contribution is 0.778. The van der Waals surface area contributed by atoms with E-state index in [1.54, 1.807) is 11.3 Å². The number of hydrogen-bond acceptors (Lipinski definition) is 2. The van der Waals surface area contributed by atoms with Crippen molar-refractivity contribution in [2.75, 3.05) is 4.90 Å². The fraction of sp³-hybridized carbons (Fsp3) is 0.0213. The maximum absolute atomic E-state index is 9.51. The van der Waals surface area contributed by atoms with Crippen molar-refractivity contribution in [1.29, 1.82) is 0 Å². The van der Waals surface area contributed by atoms with Gasteiger partial charge in [0.05, 0.1) is 18.0 Å². The lowest BCUT2D eigenvalue weighted by atomic mass is 9.67. The molecule has 1 atom stereocenters. The van der Waals surface area contributed by atoms with Gasteiger partial charge >= 0.3 is 0 Å². The van der Waals surface area contributed by atoms with Crippen LogP contribution in [-0.4, -0.2) is 0 Å². The number of nitrogens with zero attached hydrogens (tertiary/aromatic N) is 1. The van der Waals surface area contributed by atoms with Crippen molar-refractivity contribution < 1.29 is 6.85 Å². The molecule has 1 nitrogen and oxygen atoms in total. The molecule has 0 fully saturated rings. The molecule has 1 aliphatic carbocycles. The molecule has 1 heterocycles. The van der Waals surface area contributed by atoms with E-state index in [1.807, 2.05) is 48.5 Å². The van der Waals surface area contributed by atoms with Gasteiger partial charge in [-0.3, -0.25) is 0 Å². The summed E-state index contributed by atoms with van der Waals surface area (Å²) in [7, 11) is 0. The van der Waals surface area contributed by atoms with Gasteiger partial charge in [-0.05, 0) is 75.2 Å². The summed E-state index contributed by atoms with van der Waals surface area (Å²) in [6.45, 7) is 0. The first-order valence-corrected chi connectivity index (χ1v) is 17.3. The van der Waals surface area contributed by atoms with Crippen LogP contribution in [0.1, 0.15) is 29.1 Å². The van der Waals surface area contributed by atoms with Crippen LogP contribution >= 0.6 is 11.3 Å². The molecular formula is C47H31NS. The summed E-state index contributed by atoms with van der Waals surface area (Å²) in [5.74, 6) is 0. The summed E-state index contributed by atoms with van der Waals surface area (Å²) < 4.78 is 47.5. The minimum atomic E-state index is -1.23. The van der Waals surface area contributed by atoms with E-state index >= 15 is 0 Å². The smallest absolute Gasteiger partial charge is 0.0727 e. The fourth-order valence-corrected chi connectivity index (χ4v) is 9.27. The Morgan fingerprint density at radius 2 is 1.16 bits per heavy atom. The summed E-state index contributed by atoms with van der Waals surface area (Å²) in [4.78, 5) is 2.28. The topological polar surface area (TPSA) is 3.24 Å². The minimum absolute atomic E-state index is 0.201. The number of fused-ring (bicyclic) bond motifs is 7. The molecule has 10 rings (SSSR count). The highest BCUT2D eigenvalue weighted by atomic mass is 32.1. The average Bonchev–Trinajstić information content (AvgIpc) is 3.74. The average molecular weight is 647 g/mol. The molecule has 0 N–H and O–H groups in total. The second-order valence-corrected chi connectivity index (χ2v) is 13.5. The van der Waals surface area contributed by atoms with Crippen molar-refractivity contribution in [3.05, 3.63) is 210 Å². The predicted molar refractivity (Wildman–Crippen MR) is 209 cm³/mol. The molecule has 0 aliphatic heterocycles. The summed E-state index contributed by atoms with van der Waals surface area (Å²) in [5, 5.41) is 4.47. The Hall–Kier alpha value is -5.96. The van der Waals surface area contributed by atoms with E-state index in [1.165, 1.54) is 0 Å². The van der Waals surface area contributed by atoms with Crippen LogP contribution in [0.2, 0.25) is 0 Å². The minimum Gasteiger partial charge on any atom is -0.310 e. The summed E-state index contributed by atoms with van der Waals surface area (Å²) in [6.07, 6.45) is 0. The van der Waals surface area contributed by atoms with E-state index in [-0.39, 0.29) is 29.7 Å². The molecule has 1 unspecified atom stereocenters. The second kappa shape index (κ2) is 11.1. The molecular weight excluding hydrogens is 611 g/mol. The summed E-state index contributed by atoms with van der Waals surface area (Å²) in [5.41, 5.74) is 6.60. The SMILES string of the molecule is [2H]c1c([2H])c([2H])c(C2(c3cccc4c3sc3ccccc34)c3ccccc3-c3cc(N(c4ccccc4)c4cccc5ccccc45)ccc32)c([2H])c1[2H]. The van der Waals surface area contributed by atoms with E-state index in [0.717, 1.165) is 75.8 Å². The van der Waals surface area contributed by atoms with Gasteiger partial charge in [0, 0.05) is 36.9 Å². The molecule has 230 valence electrons. The van der Waals surface area contributed by atoms with Crippen LogP contribution in [0.15, 0.2) is 188 Å². The number of benzene rings is 8. The molecule has 1 aliphatic rings. The lowest BCUT2D eigenvalue weighted by Crippen LogP contribution is -2.28. The van der Waals surface area contributed by atoms with Gasteiger partial charge in [0.1, 0.15) is 0 Å². The second-order valence-electron chi connectivity index (χ2n) is 12.5. The van der Waals surface area contributed by atoms with E-state index in [9.17, 15) is 2.74 Å². The molecule has 49 heavy (non-hydrogen) atoms. The summed E-state index contributed by atoms with van der Waals surface area (Å²) >= 11 is 1.68. The van der Waals surface area contributed by atoms with Crippen molar-refractivity contribution in [1.82, 2.24) is 0 Å². The third kappa shape index (κ3) is 4.11. The highest BCUT2D eigenvalue weighted by molar-refractivity contribution is 7.26. The van der Waals surface area contributed by atoms with Crippen LogP contribution in [0, 0.1) is 0 Å². The van der Waals surface area contributed by atoms with Crippen molar-refractivity contribution >= 4 is 59.3 Å². The zero-order valence-electron chi connectivity index (χ0n) is 31.4. The van der Waals surface area contributed by atoms with Gasteiger partial charge in [0.25, 0.3) is 0 Å². The van der Waals surface area contributed by atoms with Crippen molar-refractivity contribution in [3.63, 3.8) is 0 Å². The Balaban J connectivity index is 1.34. The number of anilines is 3. The Labute approximate surface area is 297 Å². The number of thiophene rings is 1. The highest BCUT2D eigenvalue weighted by Crippen LogP contribution is 2.59. The standard InChI is InChI=1S/C47H31NS/c1-3-17-33(18-4-1)47(43-26-14-24-39-38-23-10-12-28-45(38)49-46(39)43)41-25-11-9-22-37(41)40-31-35(29-30-42(40)47)48(34-19-5-2-6-20-34)44-27-13-16-32-15-7-8-21-36(32)44/h1-31H/i1D,3D,4D,17D,18D. The number of hydrogen-bond donors (Lipinski definition) is 0. The Bertz CT molecular complexity index is 2940. The molecule has 9 aromatic rings. The molecule has 0 spiro atoms. The Morgan fingerprint density at radius 1 is 0.490 bits per heavy atom. The van der Waals surface area contributed by atoms with Crippen molar-refractivity contribution in [3.8, 4) is 11.1 Å². The first-order chi connectivity index (χ1) is 26.4. The largest absolute Gasteiger partial charge is 0.310 e. The third-order valence-electron chi connectivity index (χ3n) is 9.99. The van der Waals surface area contributed by atoms with E-state index in [2.05, 4.69) is 114 Å². The van der Waals surface area contributed by atoms with Crippen LogP contribution in [0.25, 0.3) is 42.1 Å². The van der Waals surface area contributed by atoms with Crippen LogP contribution in [0.4, 0.5) is 17.1 Å². The lowest BCUT2D eigenvalue weighted by Gasteiger charge is -2.34. The monoisotopic (exact) mass is 646 g/mol. The molecule has 0 bridgehead atoms. The zero-order chi connectivity index (χ0) is 36.7. The van der Waals surface area contributed by atoms with Crippen LogP contribution in [0.5, 0.6) is 0 Å². The van der Waals surface area contributed by atoms with Gasteiger partial charge in [-0.25, -0.2) is 0 Å². The maximum atomic E-state index is 9.51. The van der Waals surface area contributed by atoms with Crippen LogP contribution in [0.3, 0.4) is 0 Å². The van der Waals surface area contributed by atoms with E-state index < -0.39 is 11.5 Å². The molecule has 1 aromatic heterocycles. The van der Waals surface area contributed by atoms with Crippen molar-refractivity contribution in [2.24, 2.45) is 0 Å². The van der Waals surface area contributed by atoms with E-state index in [4.69, 9.17) is 4.11 Å². The zero-order valence-corrected chi connectivity index (χ0v) is 27.2. The molecule has 0 radical (unpaired) electrons. The van der Waals surface area contributed by atoms with Crippen LogP contribution < -0.4 is 4.90 Å². The van der Waals surface area contributed by atoms with Gasteiger partial charge in [-0.2, -0.15) is 0 Å². The highest BCUT2D eigenvalue weighted by Gasteiger charge is 2.47. The normalized spacial score (nSPS) is 16.4. The number of para-hydroxylation sites is 1.